The number of rotatable bonds is 10. The zero-order valence-corrected chi connectivity index (χ0v) is 31.7. The number of alkyl halides is 3. The molecule has 0 spiro atoms. The van der Waals surface area contributed by atoms with Crippen molar-refractivity contribution in [2.24, 2.45) is 5.92 Å². The summed E-state index contributed by atoms with van der Waals surface area (Å²) >= 11 is 0. The number of esters is 1. The summed E-state index contributed by atoms with van der Waals surface area (Å²) in [4.78, 5) is 40.6. The molecule has 3 aliphatic heterocycles. The quantitative estimate of drug-likeness (QED) is 0.222. The van der Waals surface area contributed by atoms with Gasteiger partial charge in [-0.1, -0.05) is 73.7 Å². The molecule has 2 N–H and O–H groups in total. The number of benzene rings is 3. The predicted octanol–water partition coefficient (Wildman–Crippen LogP) is 6.61. The van der Waals surface area contributed by atoms with Crippen molar-refractivity contribution >= 4 is 17.8 Å². The van der Waals surface area contributed by atoms with Crippen molar-refractivity contribution in [1.82, 2.24) is 15.1 Å². The van der Waals surface area contributed by atoms with Crippen LogP contribution in [0.5, 0.6) is 0 Å². The normalized spacial score (nSPS) is 24.8. The van der Waals surface area contributed by atoms with Crippen molar-refractivity contribution < 1.29 is 46.9 Å². The van der Waals surface area contributed by atoms with Crippen LogP contribution in [-0.4, -0.2) is 82.3 Å². The van der Waals surface area contributed by atoms with Crippen molar-refractivity contribution in [3.05, 3.63) is 95.1 Å². The molecule has 3 saturated heterocycles. The molecule has 3 fully saturated rings. The Balaban J connectivity index is 1.16. The number of hydrogen-bond donors (Lipinski definition) is 2. The molecule has 6 atom stereocenters. The monoisotopic (exact) mass is 765 g/mol. The first kappa shape index (κ1) is 40.4. The van der Waals surface area contributed by atoms with Crippen LogP contribution in [0.1, 0.15) is 88.0 Å². The van der Waals surface area contributed by atoms with Crippen LogP contribution in [0, 0.1) is 5.92 Å². The highest BCUT2D eigenvalue weighted by molar-refractivity contribution is 5.90. The molecule has 0 bridgehead atoms. The van der Waals surface area contributed by atoms with Crippen LogP contribution in [-0.2, 0) is 41.7 Å². The molecular formula is C42H50F3N3O7. The van der Waals surface area contributed by atoms with E-state index < -0.39 is 35.9 Å². The molecule has 3 aliphatic rings. The van der Waals surface area contributed by atoms with Crippen LogP contribution in [0.4, 0.5) is 13.2 Å². The largest absolute Gasteiger partial charge is 0.471 e. The minimum absolute atomic E-state index is 0.0621. The molecular weight excluding hydrogens is 715 g/mol. The number of nitrogens with one attached hydrogen (secondary N) is 1. The van der Waals surface area contributed by atoms with Gasteiger partial charge >= 0.3 is 18.1 Å². The van der Waals surface area contributed by atoms with Gasteiger partial charge in [-0.2, -0.15) is 13.2 Å². The predicted molar refractivity (Wildman–Crippen MR) is 198 cm³/mol. The third-order valence-corrected chi connectivity index (χ3v) is 10.5. The Morgan fingerprint density at radius 1 is 0.855 bits per heavy atom. The Morgan fingerprint density at radius 2 is 1.53 bits per heavy atom. The van der Waals surface area contributed by atoms with E-state index in [1.54, 1.807) is 0 Å². The van der Waals surface area contributed by atoms with Gasteiger partial charge in [-0.05, 0) is 86.9 Å². The number of likely N-dealkylation sites (tertiary alicyclic amines) is 2. The van der Waals surface area contributed by atoms with Crippen molar-refractivity contribution in [3.63, 3.8) is 0 Å². The van der Waals surface area contributed by atoms with E-state index >= 15 is 0 Å². The molecule has 3 aromatic rings. The molecule has 2 amide bonds. The first-order chi connectivity index (χ1) is 26.1. The van der Waals surface area contributed by atoms with Gasteiger partial charge < -0.3 is 29.5 Å². The molecule has 55 heavy (non-hydrogen) atoms. The zero-order valence-electron chi connectivity index (χ0n) is 31.7. The highest BCUT2D eigenvalue weighted by Gasteiger charge is 2.48. The molecule has 0 radical (unpaired) electrons. The van der Waals surface area contributed by atoms with E-state index in [1.165, 1.54) is 0 Å². The number of carbonyl (C=O) groups excluding carboxylic acids is 3. The standard InChI is InChI=1S/C42H50F3N3O7/c1-26-35(24-47-20-6-11-34(47)38(51)55-41(2,3)4)53-39(54-36(26)30-14-12-27(25-49)13-15-30)31-18-16-29(17-19-31)32-9-5-8-28(22-32)23-46-37(50)33-10-7-21-48(33)40(52)42(43,44)45/h5,8-9,12-19,22,26,33-36,39,49H,6-7,10-11,20-21,23-25H2,1-4H3,(H,46,50)/t26-,33-,34-,35+,36+,39+/m0/s1. The van der Waals surface area contributed by atoms with E-state index in [-0.39, 0.29) is 56.3 Å². The number of ether oxygens (including phenoxy) is 3. The minimum Gasteiger partial charge on any atom is -0.459 e. The first-order valence-corrected chi connectivity index (χ1v) is 18.9. The number of halogens is 3. The van der Waals surface area contributed by atoms with Crippen LogP contribution in [0.2, 0.25) is 0 Å². The van der Waals surface area contributed by atoms with E-state index in [4.69, 9.17) is 14.2 Å². The van der Waals surface area contributed by atoms with Crippen LogP contribution in [0.25, 0.3) is 11.1 Å². The molecule has 0 saturated carbocycles. The average molecular weight is 766 g/mol. The second-order valence-electron chi connectivity index (χ2n) is 15.7. The van der Waals surface area contributed by atoms with Gasteiger partial charge in [0, 0.05) is 31.1 Å². The molecule has 3 aromatic carbocycles. The summed E-state index contributed by atoms with van der Waals surface area (Å²) < 4.78 is 58.3. The molecule has 13 heteroatoms. The lowest BCUT2D eigenvalue weighted by molar-refractivity contribution is -0.276. The number of nitrogens with zero attached hydrogens (tertiary/aromatic N) is 2. The summed E-state index contributed by atoms with van der Waals surface area (Å²) in [5.41, 5.74) is 4.49. The topological polar surface area (TPSA) is 118 Å². The van der Waals surface area contributed by atoms with E-state index in [9.17, 15) is 32.7 Å². The molecule has 296 valence electrons. The third-order valence-electron chi connectivity index (χ3n) is 10.5. The lowest BCUT2D eigenvalue weighted by atomic mass is 9.89. The summed E-state index contributed by atoms with van der Waals surface area (Å²) in [5, 5.41) is 12.3. The first-order valence-electron chi connectivity index (χ1n) is 18.9. The maximum atomic E-state index is 13.2. The SMILES string of the molecule is C[C@H]1[C@@H](CN2CCC[C@H]2C(=O)OC(C)(C)C)O[C@@H](c2ccc(-c3cccc(CNC(=O)[C@@H]4CCCN4C(=O)C(F)(F)F)c3)cc2)O[C@H]1c1ccc(CO)cc1. The van der Waals surface area contributed by atoms with E-state index in [1.807, 2.05) is 93.6 Å². The van der Waals surface area contributed by atoms with Gasteiger partial charge in [-0.15, -0.1) is 0 Å². The van der Waals surface area contributed by atoms with E-state index in [0.29, 0.717) is 17.9 Å². The van der Waals surface area contributed by atoms with Crippen LogP contribution in [0.3, 0.4) is 0 Å². The summed E-state index contributed by atoms with van der Waals surface area (Å²) in [6.07, 6.45) is -4.23. The van der Waals surface area contributed by atoms with Gasteiger partial charge in [-0.3, -0.25) is 19.3 Å². The van der Waals surface area contributed by atoms with Gasteiger partial charge in [0.05, 0.1) is 18.8 Å². The Labute approximate surface area is 319 Å². The van der Waals surface area contributed by atoms with E-state index in [0.717, 1.165) is 52.8 Å². The highest BCUT2D eigenvalue weighted by Crippen LogP contribution is 2.43. The van der Waals surface area contributed by atoms with Gasteiger partial charge in [0.25, 0.3) is 0 Å². The molecule has 10 nitrogen and oxygen atoms in total. The Hall–Kier alpha value is -4.30. The van der Waals surface area contributed by atoms with Crippen LogP contribution in [0.15, 0.2) is 72.8 Å². The van der Waals surface area contributed by atoms with Gasteiger partial charge in [-0.25, -0.2) is 0 Å². The number of hydrogen-bond acceptors (Lipinski definition) is 8. The molecule has 6 rings (SSSR count). The summed E-state index contributed by atoms with van der Waals surface area (Å²) in [6.45, 7) is 8.90. The van der Waals surface area contributed by atoms with Crippen LogP contribution >= 0.6 is 0 Å². The van der Waals surface area contributed by atoms with Gasteiger partial charge in [0.1, 0.15) is 17.7 Å². The maximum absolute atomic E-state index is 13.2. The van der Waals surface area contributed by atoms with Gasteiger partial charge in [0.2, 0.25) is 5.91 Å². The smallest absolute Gasteiger partial charge is 0.459 e. The molecule has 0 unspecified atom stereocenters. The Kier molecular flexibility index (Phi) is 12.3. The van der Waals surface area contributed by atoms with Crippen molar-refractivity contribution in [3.8, 4) is 11.1 Å². The molecule has 0 aliphatic carbocycles. The summed E-state index contributed by atoms with van der Waals surface area (Å²) in [7, 11) is 0. The van der Waals surface area contributed by atoms with Crippen molar-refractivity contribution in [1.29, 1.82) is 0 Å². The Bertz CT molecular complexity index is 1810. The summed E-state index contributed by atoms with van der Waals surface area (Å²) in [6, 6.07) is 21.5. The second kappa shape index (κ2) is 16.8. The average Bonchev–Trinajstić information content (AvgIpc) is 3.84. The Morgan fingerprint density at radius 3 is 2.20 bits per heavy atom. The molecule has 0 aromatic heterocycles. The maximum Gasteiger partial charge on any atom is 0.471 e. The number of amides is 2. The van der Waals surface area contributed by atoms with Crippen molar-refractivity contribution in [2.75, 3.05) is 19.6 Å². The fourth-order valence-electron chi connectivity index (χ4n) is 7.69. The zero-order chi connectivity index (χ0) is 39.5. The second-order valence-corrected chi connectivity index (χ2v) is 15.7. The lowest BCUT2D eigenvalue weighted by Crippen LogP contribution is -2.50. The highest BCUT2D eigenvalue weighted by atomic mass is 19.4. The number of aliphatic hydroxyl groups is 1. The van der Waals surface area contributed by atoms with E-state index in [2.05, 4.69) is 17.1 Å². The fraction of sp³-hybridized carbons (Fsp3) is 0.500. The minimum atomic E-state index is -5.03. The number of aliphatic hydroxyl groups excluding tert-OH is 1. The third kappa shape index (κ3) is 9.75. The fourth-order valence-corrected chi connectivity index (χ4v) is 7.69. The summed E-state index contributed by atoms with van der Waals surface area (Å²) in [5.74, 6) is -2.90. The van der Waals surface area contributed by atoms with Gasteiger partial charge in [0.15, 0.2) is 6.29 Å². The number of carbonyl (C=O) groups is 3. The molecule has 3 heterocycles. The lowest BCUT2D eigenvalue weighted by Gasteiger charge is -2.43. The van der Waals surface area contributed by atoms with Crippen molar-refractivity contribution in [2.45, 2.75) is 109 Å². The van der Waals surface area contributed by atoms with Crippen LogP contribution < -0.4 is 5.32 Å².